The van der Waals surface area contributed by atoms with Gasteiger partial charge in [-0.05, 0) is 49.4 Å². The number of carbonyl (C=O) groups is 1. The third kappa shape index (κ3) is 5.29. The van der Waals surface area contributed by atoms with Crippen LogP contribution in [0.2, 0.25) is 0 Å². The van der Waals surface area contributed by atoms with E-state index in [1.54, 1.807) is 30.3 Å². The molecule has 0 aliphatic carbocycles. The molecular weight excluding hydrogens is 408 g/mol. The van der Waals surface area contributed by atoms with Crippen LogP contribution in [0.25, 0.3) is 0 Å². The maximum atomic E-state index is 12.5. The zero-order valence-corrected chi connectivity index (χ0v) is 16.3. The monoisotopic (exact) mass is 426 g/mol. The number of benzene rings is 2. The lowest BCUT2D eigenvalue weighted by atomic mass is 10.3. The number of hydrogen-bond acceptors (Lipinski definition) is 4. The topological polar surface area (TPSA) is 75.7 Å². The van der Waals surface area contributed by atoms with Gasteiger partial charge < -0.3 is 10.1 Å². The van der Waals surface area contributed by atoms with E-state index in [9.17, 15) is 13.2 Å². The molecule has 134 valence electrons. The molecule has 2 aromatic carbocycles. The minimum atomic E-state index is -3.76. The lowest BCUT2D eigenvalue weighted by molar-refractivity contribution is -0.116. The summed E-state index contributed by atoms with van der Waals surface area (Å²) in [6.07, 6.45) is 0. The van der Waals surface area contributed by atoms with Crippen molar-refractivity contribution in [3.63, 3.8) is 0 Å². The highest BCUT2D eigenvalue weighted by atomic mass is 79.9. The van der Waals surface area contributed by atoms with Gasteiger partial charge in [0.25, 0.3) is 0 Å². The summed E-state index contributed by atoms with van der Waals surface area (Å²) in [6, 6.07) is 13.2. The Morgan fingerprint density at radius 3 is 2.48 bits per heavy atom. The Balaban J connectivity index is 2.05. The molecule has 8 heteroatoms. The van der Waals surface area contributed by atoms with Crippen LogP contribution >= 0.6 is 15.9 Å². The van der Waals surface area contributed by atoms with Gasteiger partial charge in [-0.25, -0.2) is 8.42 Å². The maximum Gasteiger partial charge on any atom is 0.243 e. The highest BCUT2D eigenvalue weighted by molar-refractivity contribution is 9.10. The molecule has 6 nitrogen and oxygen atoms in total. The van der Waals surface area contributed by atoms with E-state index in [1.807, 2.05) is 13.0 Å². The Bertz CT molecular complexity index is 838. The predicted octanol–water partition coefficient (Wildman–Crippen LogP) is 3.11. The molecule has 0 aliphatic heterocycles. The predicted molar refractivity (Wildman–Crippen MR) is 100 cm³/mol. The zero-order valence-electron chi connectivity index (χ0n) is 13.9. The number of likely N-dealkylation sites (N-methyl/N-ethyl adjacent to an activating group) is 1. The van der Waals surface area contributed by atoms with Crippen molar-refractivity contribution in [2.24, 2.45) is 0 Å². The van der Waals surface area contributed by atoms with Crippen LogP contribution in [0.5, 0.6) is 5.75 Å². The summed E-state index contributed by atoms with van der Waals surface area (Å²) in [6.45, 7) is 2.06. The Labute approximate surface area is 156 Å². The minimum absolute atomic E-state index is 0.105. The van der Waals surface area contributed by atoms with Gasteiger partial charge >= 0.3 is 0 Å². The van der Waals surface area contributed by atoms with Crippen molar-refractivity contribution in [2.75, 3.05) is 25.5 Å². The largest absolute Gasteiger partial charge is 0.494 e. The number of halogens is 1. The highest BCUT2D eigenvalue weighted by Gasteiger charge is 2.23. The molecule has 2 aromatic rings. The van der Waals surface area contributed by atoms with Crippen LogP contribution in [0.3, 0.4) is 0 Å². The van der Waals surface area contributed by atoms with Crippen molar-refractivity contribution in [3.8, 4) is 5.75 Å². The first-order valence-electron chi connectivity index (χ1n) is 7.57. The number of nitrogens with zero attached hydrogens (tertiary/aromatic N) is 1. The highest BCUT2D eigenvalue weighted by Crippen LogP contribution is 2.19. The molecule has 0 aliphatic rings. The Morgan fingerprint density at radius 1 is 1.20 bits per heavy atom. The molecule has 1 amide bonds. The van der Waals surface area contributed by atoms with Crippen molar-refractivity contribution in [3.05, 3.63) is 53.0 Å². The minimum Gasteiger partial charge on any atom is -0.494 e. The summed E-state index contributed by atoms with van der Waals surface area (Å²) in [7, 11) is -2.39. The van der Waals surface area contributed by atoms with Gasteiger partial charge in [-0.15, -0.1) is 0 Å². The van der Waals surface area contributed by atoms with E-state index in [4.69, 9.17) is 4.74 Å². The molecular formula is C17H19BrN2O4S. The molecule has 0 heterocycles. The molecule has 0 atom stereocenters. The van der Waals surface area contributed by atoms with E-state index >= 15 is 0 Å². The van der Waals surface area contributed by atoms with Gasteiger partial charge in [0.1, 0.15) is 5.75 Å². The van der Waals surface area contributed by atoms with E-state index in [0.717, 1.165) is 8.78 Å². The molecule has 25 heavy (non-hydrogen) atoms. The van der Waals surface area contributed by atoms with Crippen LogP contribution in [0.1, 0.15) is 6.92 Å². The second-order valence-electron chi connectivity index (χ2n) is 5.22. The molecule has 0 spiro atoms. The lowest BCUT2D eigenvalue weighted by Gasteiger charge is -2.17. The molecule has 0 saturated carbocycles. The number of amides is 1. The molecule has 0 unspecified atom stereocenters. The van der Waals surface area contributed by atoms with Gasteiger partial charge in [0.2, 0.25) is 15.9 Å². The van der Waals surface area contributed by atoms with E-state index in [2.05, 4.69) is 21.2 Å². The fourth-order valence-electron chi connectivity index (χ4n) is 2.11. The number of carbonyl (C=O) groups excluding carboxylic acids is 1. The molecule has 0 radical (unpaired) electrons. The summed E-state index contributed by atoms with van der Waals surface area (Å²) in [4.78, 5) is 12.2. The first-order chi connectivity index (χ1) is 11.8. The van der Waals surface area contributed by atoms with Crippen LogP contribution in [-0.2, 0) is 14.8 Å². The van der Waals surface area contributed by atoms with Crippen LogP contribution in [0, 0.1) is 0 Å². The smallest absolute Gasteiger partial charge is 0.243 e. The van der Waals surface area contributed by atoms with Crippen LogP contribution < -0.4 is 10.1 Å². The van der Waals surface area contributed by atoms with Crippen LogP contribution in [-0.4, -0.2) is 38.8 Å². The van der Waals surface area contributed by atoms with Crippen molar-refractivity contribution in [2.45, 2.75) is 11.8 Å². The fourth-order valence-corrected chi connectivity index (χ4v) is 3.63. The summed E-state index contributed by atoms with van der Waals surface area (Å²) in [5, 5.41) is 2.67. The average molecular weight is 427 g/mol. The number of sulfonamides is 1. The number of ether oxygens (including phenoxy) is 1. The Kier molecular flexibility index (Phi) is 6.57. The lowest BCUT2D eigenvalue weighted by Crippen LogP contribution is -2.34. The first kappa shape index (κ1) is 19.4. The van der Waals surface area contributed by atoms with Crippen LogP contribution in [0.15, 0.2) is 57.9 Å². The zero-order chi connectivity index (χ0) is 18.4. The summed E-state index contributed by atoms with van der Waals surface area (Å²) >= 11 is 3.31. The Hall–Kier alpha value is -1.90. The molecule has 1 N–H and O–H groups in total. The standard InChI is InChI=1S/C17H19BrN2O4S/c1-3-24-15-7-9-16(10-8-15)25(22,23)20(2)12-17(21)19-14-6-4-5-13(18)11-14/h4-11H,3,12H2,1-2H3,(H,19,21). The molecule has 0 aromatic heterocycles. The molecule has 0 fully saturated rings. The number of rotatable bonds is 7. The van der Waals surface area contributed by atoms with Gasteiger partial charge in [0, 0.05) is 17.2 Å². The van der Waals surface area contributed by atoms with Gasteiger partial charge in [0.05, 0.1) is 18.0 Å². The average Bonchev–Trinajstić information content (AvgIpc) is 2.55. The summed E-state index contributed by atoms with van der Waals surface area (Å²) in [5.74, 6) is 0.173. The molecule has 2 rings (SSSR count). The number of anilines is 1. The molecule has 0 saturated heterocycles. The van der Waals surface area contributed by atoms with Gasteiger partial charge in [-0.1, -0.05) is 22.0 Å². The first-order valence-corrected chi connectivity index (χ1v) is 9.81. The maximum absolute atomic E-state index is 12.5. The van der Waals surface area contributed by atoms with Crippen molar-refractivity contribution in [1.29, 1.82) is 0 Å². The second-order valence-corrected chi connectivity index (χ2v) is 8.18. The van der Waals surface area contributed by atoms with E-state index in [0.29, 0.717) is 18.0 Å². The second kappa shape index (κ2) is 8.46. The van der Waals surface area contributed by atoms with E-state index in [1.165, 1.54) is 19.2 Å². The van der Waals surface area contributed by atoms with E-state index in [-0.39, 0.29) is 11.4 Å². The summed E-state index contributed by atoms with van der Waals surface area (Å²) < 4.78 is 32.2. The van der Waals surface area contributed by atoms with Gasteiger partial charge in [0.15, 0.2) is 0 Å². The third-order valence-electron chi connectivity index (χ3n) is 3.32. The fraction of sp³-hybridized carbons (Fsp3) is 0.235. The number of nitrogens with one attached hydrogen (secondary N) is 1. The third-order valence-corrected chi connectivity index (χ3v) is 5.63. The van der Waals surface area contributed by atoms with Gasteiger partial charge in [-0.2, -0.15) is 4.31 Å². The normalized spacial score (nSPS) is 11.4. The van der Waals surface area contributed by atoms with Crippen LogP contribution in [0.4, 0.5) is 5.69 Å². The quantitative estimate of drug-likeness (QED) is 0.737. The van der Waals surface area contributed by atoms with Gasteiger partial charge in [-0.3, -0.25) is 4.79 Å². The SMILES string of the molecule is CCOc1ccc(S(=O)(=O)N(C)CC(=O)Nc2cccc(Br)c2)cc1. The number of hydrogen-bond donors (Lipinski definition) is 1. The van der Waals surface area contributed by atoms with E-state index < -0.39 is 15.9 Å². The Morgan fingerprint density at radius 2 is 1.88 bits per heavy atom. The summed E-state index contributed by atoms with van der Waals surface area (Å²) in [5.41, 5.74) is 0.589. The van der Waals surface area contributed by atoms with Crippen molar-refractivity contribution < 1.29 is 17.9 Å². The van der Waals surface area contributed by atoms with Crippen molar-refractivity contribution >= 4 is 37.5 Å². The van der Waals surface area contributed by atoms with Crippen molar-refractivity contribution in [1.82, 2.24) is 4.31 Å². The molecule has 0 bridgehead atoms.